The van der Waals surface area contributed by atoms with E-state index in [-0.39, 0.29) is 25.9 Å². The molecule has 0 heterocycles. The minimum Gasteiger partial charge on any atom is -0.462 e. The lowest BCUT2D eigenvalue weighted by Gasteiger charge is -2.21. The number of hydrogen-bond donors (Lipinski definition) is 2. The van der Waals surface area contributed by atoms with E-state index in [4.69, 9.17) is 23.3 Å². The van der Waals surface area contributed by atoms with Crippen molar-refractivity contribution < 1.29 is 52.2 Å². The zero-order valence-electron chi connectivity index (χ0n) is 50.9. The molecule has 12 heteroatoms. The fourth-order valence-electron chi connectivity index (χ4n) is 9.50. The van der Waals surface area contributed by atoms with E-state index in [1.54, 1.807) is 0 Å². The minimum absolute atomic E-state index is 0.169. The molecule has 0 aromatic rings. The van der Waals surface area contributed by atoms with Crippen LogP contribution in [0, 0.1) is 0 Å². The van der Waals surface area contributed by atoms with Gasteiger partial charge in [0.2, 0.25) is 0 Å². The quantitative estimate of drug-likeness (QED) is 0.0197. The molecule has 2 N–H and O–H groups in total. The van der Waals surface area contributed by atoms with Crippen LogP contribution < -0.4 is 0 Å². The Kier molecular flexibility index (Phi) is 59.0. The molecule has 78 heavy (non-hydrogen) atoms. The van der Waals surface area contributed by atoms with Crippen LogP contribution in [0.5, 0.6) is 0 Å². The van der Waals surface area contributed by atoms with Crippen LogP contribution in [0.25, 0.3) is 0 Å². The number of carbonyl (C=O) groups is 3. The van der Waals surface area contributed by atoms with Crippen LogP contribution in [0.3, 0.4) is 0 Å². The highest BCUT2D eigenvalue weighted by Crippen LogP contribution is 2.43. The standard InChI is InChI=1S/C66H123O11P/c1-4-7-10-13-16-19-22-25-28-30-31-33-36-39-42-45-48-51-54-57-66(70)77-63(59-73-64(68)55-52-49-46-43-40-37-34-27-24-21-18-15-12-9-6-3)61-75-78(71,72)74-60-62(58-67)76-65(69)56-53-50-47-44-41-38-35-32-29-26-23-20-17-14-11-8-5-2/h17,20,25-26,28-29,62-63,67H,4-16,18-19,21-24,27,30-61H2,1-3H3,(H,71,72)/b20-17-,28-25-,29-26-. The number of carbonyl (C=O) groups excluding carboxylic acids is 3. The van der Waals surface area contributed by atoms with Gasteiger partial charge in [-0.1, -0.05) is 269 Å². The van der Waals surface area contributed by atoms with Gasteiger partial charge < -0.3 is 24.2 Å². The van der Waals surface area contributed by atoms with E-state index in [2.05, 4.69) is 57.2 Å². The van der Waals surface area contributed by atoms with Crippen LogP contribution in [0.15, 0.2) is 36.5 Å². The third-order valence-corrected chi connectivity index (χ3v) is 15.5. The van der Waals surface area contributed by atoms with Gasteiger partial charge in [0.1, 0.15) is 12.7 Å². The smallest absolute Gasteiger partial charge is 0.462 e. The van der Waals surface area contributed by atoms with Crippen LogP contribution in [0.2, 0.25) is 0 Å². The Morgan fingerprint density at radius 1 is 0.359 bits per heavy atom. The number of phosphoric ester groups is 1. The highest BCUT2D eigenvalue weighted by Gasteiger charge is 2.28. The molecule has 0 saturated carbocycles. The van der Waals surface area contributed by atoms with Gasteiger partial charge in [-0.25, -0.2) is 4.57 Å². The zero-order chi connectivity index (χ0) is 56.9. The van der Waals surface area contributed by atoms with E-state index in [1.165, 1.54) is 193 Å². The molecule has 0 amide bonds. The summed E-state index contributed by atoms with van der Waals surface area (Å²) in [7, 11) is -4.75. The lowest BCUT2D eigenvalue weighted by Crippen LogP contribution is -2.30. The molecule has 0 aromatic carbocycles. The monoisotopic (exact) mass is 1120 g/mol. The van der Waals surface area contributed by atoms with E-state index in [1.807, 2.05) is 0 Å². The molecule has 0 spiro atoms. The third-order valence-electron chi connectivity index (χ3n) is 14.5. The Hall–Kier alpha value is -2.30. The molecule has 0 bridgehead atoms. The Bertz CT molecular complexity index is 1450. The molecule has 3 unspecified atom stereocenters. The van der Waals surface area contributed by atoms with Gasteiger partial charge in [0.15, 0.2) is 6.10 Å². The molecule has 0 rings (SSSR count). The number of aliphatic hydroxyl groups is 1. The predicted molar refractivity (Wildman–Crippen MR) is 326 cm³/mol. The van der Waals surface area contributed by atoms with Crippen molar-refractivity contribution in [1.82, 2.24) is 0 Å². The highest BCUT2D eigenvalue weighted by molar-refractivity contribution is 7.47. The fraction of sp³-hybridized carbons (Fsp3) is 0.864. The summed E-state index contributed by atoms with van der Waals surface area (Å²) >= 11 is 0. The first-order valence-electron chi connectivity index (χ1n) is 32.9. The number of esters is 3. The summed E-state index contributed by atoms with van der Waals surface area (Å²) < 4.78 is 39.7. The lowest BCUT2D eigenvalue weighted by molar-refractivity contribution is -0.161. The second kappa shape index (κ2) is 60.8. The van der Waals surface area contributed by atoms with E-state index in [0.717, 1.165) is 77.0 Å². The first-order valence-corrected chi connectivity index (χ1v) is 34.4. The van der Waals surface area contributed by atoms with E-state index < -0.39 is 57.8 Å². The number of aliphatic hydroxyl groups excluding tert-OH is 1. The summed E-state index contributed by atoms with van der Waals surface area (Å²) in [6.07, 6.45) is 65.2. The zero-order valence-corrected chi connectivity index (χ0v) is 51.8. The van der Waals surface area contributed by atoms with Crippen LogP contribution in [0.1, 0.15) is 329 Å². The number of hydrogen-bond acceptors (Lipinski definition) is 10. The molecule has 0 aliphatic heterocycles. The van der Waals surface area contributed by atoms with Crippen molar-refractivity contribution in [3.63, 3.8) is 0 Å². The lowest BCUT2D eigenvalue weighted by atomic mass is 10.0. The maximum Gasteiger partial charge on any atom is 0.472 e. The van der Waals surface area contributed by atoms with Crippen LogP contribution in [-0.2, 0) is 42.2 Å². The topological polar surface area (TPSA) is 155 Å². The minimum atomic E-state index is -4.75. The summed E-state index contributed by atoms with van der Waals surface area (Å²) in [5, 5.41) is 9.85. The van der Waals surface area contributed by atoms with Gasteiger partial charge in [-0.2, -0.15) is 0 Å². The third kappa shape index (κ3) is 58.4. The van der Waals surface area contributed by atoms with Gasteiger partial charge in [-0.05, 0) is 77.0 Å². The van der Waals surface area contributed by atoms with Gasteiger partial charge in [0, 0.05) is 19.3 Å². The molecule has 0 aliphatic carbocycles. The maximum atomic E-state index is 13.0. The number of phosphoric acid groups is 1. The first kappa shape index (κ1) is 75.7. The number of unbranched alkanes of at least 4 members (excludes halogenated alkanes) is 39. The van der Waals surface area contributed by atoms with Crippen molar-refractivity contribution in [3.05, 3.63) is 36.5 Å². The molecule has 0 saturated heterocycles. The summed E-state index contributed by atoms with van der Waals surface area (Å²) in [5.74, 6) is -1.45. The van der Waals surface area contributed by atoms with Crippen molar-refractivity contribution in [2.45, 2.75) is 341 Å². The Balaban J connectivity index is 4.66. The molecular weight excluding hydrogens is 1000 g/mol. The summed E-state index contributed by atoms with van der Waals surface area (Å²) in [6.45, 7) is 4.68. The summed E-state index contributed by atoms with van der Waals surface area (Å²) in [4.78, 5) is 48.8. The average molecular weight is 1120 g/mol. The van der Waals surface area contributed by atoms with E-state index >= 15 is 0 Å². The summed E-state index contributed by atoms with van der Waals surface area (Å²) in [5.41, 5.74) is 0. The number of allylic oxidation sites excluding steroid dienone is 6. The van der Waals surface area contributed by atoms with Gasteiger partial charge in [-0.15, -0.1) is 0 Å². The second-order valence-corrected chi connectivity index (χ2v) is 23.7. The molecule has 0 aliphatic rings. The summed E-state index contributed by atoms with van der Waals surface area (Å²) in [6, 6.07) is 0. The van der Waals surface area contributed by atoms with Crippen molar-refractivity contribution >= 4 is 25.7 Å². The molecule has 458 valence electrons. The molecule has 3 atom stereocenters. The van der Waals surface area contributed by atoms with E-state index in [0.29, 0.717) is 19.3 Å². The number of ether oxygens (including phenoxy) is 3. The van der Waals surface area contributed by atoms with Crippen LogP contribution in [-0.4, -0.2) is 66.5 Å². The molecule has 0 fully saturated rings. The van der Waals surface area contributed by atoms with Crippen molar-refractivity contribution in [2.75, 3.05) is 26.4 Å². The second-order valence-electron chi connectivity index (χ2n) is 22.3. The SMILES string of the molecule is CCCCC/C=C\C/C=C\CCCCCCCCCC(=O)OC(CO)COP(=O)(O)OCC(COC(=O)CCCCCCCCCCCCCCCCC)OC(=O)CCCCCCCCCCC/C=C\CCCCCCCC. The molecule has 0 aromatic heterocycles. The Labute approximate surface area is 480 Å². The van der Waals surface area contributed by atoms with E-state index in [9.17, 15) is 28.9 Å². The Morgan fingerprint density at radius 2 is 0.628 bits per heavy atom. The molecular formula is C66H123O11P. The van der Waals surface area contributed by atoms with Gasteiger partial charge in [0.25, 0.3) is 0 Å². The fourth-order valence-corrected chi connectivity index (χ4v) is 10.3. The van der Waals surface area contributed by atoms with Crippen LogP contribution in [0.4, 0.5) is 0 Å². The van der Waals surface area contributed by atoms with Gasteiger partial charge >= 0.3 is 25.7 Å². The highest BCUT2D eigenvalue weighted by atomic mass is 31.2. The molecule has 0 radical (unpaired) electrons. The largest absolute Gasteiger partial charge is 0.472 e. The van der Waals surface area contributed by atoms with Crippen molar-refractivity contribution in [3.8, 4) is 0 Å². The first-order chi connectivity index (χ1) is 38.2. The maximum absolute atomic E-state index is 13.0. The Morgan fingerprint density at radius 3 is 0.987 bits per heavy atom. The van der Waals surface area contributed by atoms with Gasteiger partial charge in [-0.3, -0.25) is 23.4 Å². The normalized spacial score (nSPS) is 13.4. The van der Waals surface area contributed by atoms with Crippen LogP contribution >= 0.6 is 7.82 Å². The van der Waals surface area contributed by atoms with Gasteiger partial charge in [0.05, 0.1) is 19.8 Å². The number of rotatable bonds is 62. The predicted octanol–water partition coefficient (Wildman–Crippen LogP) is 19.9. The molecule has 11 nitrogen and oxygen atoms in total. The average Bonchev–Trinajstić information content (AvgIpc) is 3.43. The van der Waals surface area contributed by atoms with Crippen molar-refractivity contribution in [1.29, 1.82) is 0 Å². The van der Waals surface area contributed by atoms with Crippen molar-refractivity contribution in [2.24, 2.45) is 0 Å².